The molecule has 2 aromatic rings. The van der Waals surface area contributed by atoms with Gasteiger partial charge in [0.15, 0.2) is 0 Å². The van der Waals surface area contributed by atoms with Gasteiger partial charge >= 0.3 is 0 Å². The SMILES string of the molecule is Nc1ccc2c(c1)C(=O)NC2CC(=O)CC(=O)Nc1ccccc1. The molecule has 0 saturated carbocycles. The average Bonchev–Trinajstić information content (AvgIpc) is 2.83. The first kappa shape index (κ1) is 15.7. The van der Waals surface area contributed by atoms with E-state index in [9.17, 15) is 14.4 Å². The first-order valence-electron chi connectivity index (χ1n) is 7.60. The fourth-order valence-electron chi connectivity index (χ4n) is 2.75. The lowest BCUT2D eigenvalue weighted by molar-refractivity contribution is -0.125. The van der Waals surface area contributed by atoms with Gasteiger partial charge in [-0.25, -0.2) is 0 Å². The summed E-state index contributed by atoms with van der Waals surface area (Å²) in [7, 11) is 0. The van der Waals surface area contributed by atoms with Crippen LogP contribution in [-0.2, 0) is 9.59 Å². The van der Waals surface area contributed by atoms with Crippen molar-refractivity contribution in [1.82, 2.24) is 5.32 Å². The molecule has 24 heavy (non-hydrogen) atoms. The Labute approximate surface area is 139 Å². The molecule has 0 radical (unpaired) electrons. The lowest BCUT2D eigenvalue weighted by Gasteiger charge is -2.11. The summed E-state index contributed by atoms with van der Waals surface area (Å²) in [5, 5.41) is 5.42. The molecular formula is C18H17N3O3. The number of Topliss-reactive ketones (excluding diaryl/α,β-unsaturated/α-hetero) is 1. The number of nitrogens with one attached hydrogen (secondary N) is 2. The molecule has 0 aromatic heterocycles. The molecule has 0 bridgehead atoms. The molecule has 1 aliphatic rings. The van der Waals surface area contributed by atoms with E-state index in [1.54, 1.807) is 42.5 Å². The summed E-state index contributed by atoms with van der Waals surface area (Å²) in [6.45, 7) is 0. The maximum absolute atomic E-state index is 12.1. The predicted molar refractivity (Wildman–Crippen MR) is 90.4 cm³/mol. The molecule has 0 aliphatic carbocycles. The third kappa shape index (κ3) is 3.43. The number of para-hydroxylation sites is 1. The first-order chi connectivity index (χ1) is 11.5. The smallest absolute Gasteiger partial charge is 0.252 e. The molecule has 2 aromatic carbocycles. The van der Waals surface area contributed by atoms with Gasteiger partial charge in [0.2, 0.25) is 5.91 Å². The standard InChI is InChI=1S/C18H17N3O3/c19-11-6-7-14-15(8-11)18(24)21-16(14)9-13(22)10-17(23)20-12-4-2-1-3-5-12/h1-8,16H,9-10,19H2,(H,20,23)(H,21,24). The van der Waals surface area contributed by atoms with Crippen LogP contribution in [0.15, 0.2) is 48.5 Å². The molecule has 4 N–H and O–H groups in total. The second-order valence-electron chi connectivity index (χ2n) is 5.71. The normalized spacial score (nSPS) is 15.5. The van der Waals surface area contributed by atoms with Crippen molar-refractivity contribution in [3.05, 3.63) is 59.7 Å². The number of carbonyl (C=O) groups excluding carboxylic acids is 3. The number of benzene rings is 2. The summed E-state index contributed by atoms with van der Waals surface area (Å²) < 4.78 is 0. The Morgan fingerprint density at radius 2 is 1.88 bits per heavy atom. The highest BCUT2D eigenvalue weighted by atomic mass is 16.2. The molecule has 1 unspecified atom stereocenters. The van der Waals surface area contributed by atoms with Gasteiger partial charge in [0.25, 0.3) is 5.91 Å². The highest BCUT2D eigenvalue weighted by Gasteiger charge is 2.30. The van der Waals surface area contributed by atoms with Crippen LogP contribution < -0.4 is 16.4 Å². The number of hydrogen-bond donors (Lipinski definition) is 3. The number of fused-ring (bicyclic) bond motifs is 1. The molecule has 6 heteroatoms. The van der Waals surface area contributed by atoms with Crippen LogP contribution >= 0.6 is 0 Å². The van der Waals surface area contributed by atoms with Crippen molar-refractivity contribution in [2.24, 2.45) is 0 Å². The lowest BCUT2D eigenvalue weighted by Crippen LogP contribution is -2.23. The third-order valence-corrected chi connectivity index (χ3v) is 3.85. The molecule has 0 saturated heterocycles. The molecular weight excluding hydrogens is 306 g/mol. The van der Waals surface area contributed by atoms with E-state index < -0.39 is 6.04 Å². The summed E-state index contributed by atoms with van der Waals surface area (Å²) in [5.74, 6) is -0.852. The van der Waals surface area contributed by atoms with Crippen LogP contribution in [0, 0.1) is 0 Å². The first-order valence-corrected chi connectivity index (χ1v) is 7.60. The number of nitrogen functional groups attached to an aromatic ring is 1. The number of nitrogens with two attached hydrogens (primary N) is 1. The second-order valence-corrected chi connectivity index (χ2v) is 5.71. The van der Waals surface area contributed by atoms with Gasteiger partial charge in [0.05, 0.1) is 12.5 Å². The van der Waals surface area contributed by atoms with Crippen molar-refractivity contribution >= 4 is 29.0 Å². The summed E-state index contributed by atoms with van der Waals surface area (Å²) >= 11 is 0. The van der Waals surface area contributed by atoms with Crippen LogP contribution in [0.25, 0.3) is 0 Å². The number of rotatable bonds is 5. The minimum atomic E-state index is -0.412. The van der Waals surface area contributed by atoms with Gasteiger partial charge in [0.1, 0.15) is 5.78 Å². The zero-order valence-electron chi connectivity index (χ0n) is 12.9. The predicted octanol–water partition coefficient (Wildman–Crippen LogP) is 2.04. The van der Waals surface area contributed by atoms with Gasteiger partial charge in [-0.2, -0.15) is 0 Å². The Morgan fingerprint density at radius 3 is 2.62 bits per heavy atom. The van der Waals surface area contributed by atoms with E-state index in [4.69, 9.17) is 5.73 Å². The number of anilines is 2. The van der Waals surface area contributed by atoms with E-state index >= 15 is 0 Å². The third-order valence-electron chi connectivity index (χ3n) is 3.85. The van der Waals surface area contributed by atoms with Crippen LogP contribution in [0.4, 0.5) is 11.4 Å². The Hall–Kier alpha value is -3.15. The molecule has 1 aliphatic heterocycles. The molecule has 0 spiro atoms. The minimum absolute atomic E-state index is 0.0743. The summed E-state index contributed by atoms with van der Waals surface area (Å²) in [6, 6.07) is 13.6. The highest BCUT2D eigenvalue weighted by molar-refractivity contribution is 6.05. The van der Waals surface area contributed by atoms with Crippen LogP contribution in [-0.4, -0.2) is 17.6 Å². The lowest BCUT2D eigenvalue weighted by atomic mass is 9.99. The largest absolute Gasteiger partial charge is 0.399 e. The highest BCUT2D eigenvalue weighted by Crippen LogP contribution is 2.29. The van der Waals surface area contributed by atoms with E-state index in [0.717, 1.165) is 5.56 Å². The maximum atomic E-state index is 12.1. The Bertz CT molecular complexity index is 802. The Kier molecular flexibility index (Phi) is 4.29. The van der Waals surface area contributed by atoms with E-state index in [-0.39, 0.29) is 30.4 Å². The van der Waals surface area contributed by atoms with Gasteiger partial charge in [-0.1, -0.05) is 24.3 Å². The van der Waals surface area contributed by atoms with Crippen molar-refractivity contribution < 1.29 is 14.4 Å². The van der Waals surface area contributed by atoms with Crippen LogP contribution in [0.5, 0.6) is 0 Å². The van der Waals surface area contributed by atoms with E-state index in [1.165, 1.54) is 0 Å². The van der Waals surface area contributed by atoms with Crippen LogP contribution in [0.2, 0.25) is 0 Å². The molecule has 122 valence electrons. The van der Waals surface area contributed by atoms with Crippen LogP contribution in [0.3, 0.4) is 0 Å². The zero-order valence-corrected chi connectivity index (χ0v) is 12.9. The quantitative estimate of drug-likeness (QED) is 0.579. The average molecular weight is 323 g/mol. The Morgan fingerprint density at radius 1 is 1.12 bits per heavy atom. The van der Waals surface area contributed by atoms with Crippen molar-refractivity contribution in [1.29, 1.82) is 0 Å². The van der Waals surface area contributed by atoms with E-state index in [1.807, 2.05) is 6.07 Å². The van der Waals surface area contributed by atoms with Gasteiger partial charge < -0.3 is 16.4 Å². The number of carbonyl (C=O) groups is 3. The molecule has 1 heterocycles. The van der Waals surface area contributed by atoms with Gasteiger partial charge in [-0.05, 0) is 29.8 Å². The van der Waals surface area contributed by atoms with Gasteiger partial charge in [-0.3, -0.25) is 14.4 Å². The van der Waals surface area contributed by atoms with Crippen molar-refractivity contribution in [3.63, 3.8) is 0 Å². The van der Waals surface area contributed by atoms with Crippen molar-refractivity contribution in [2.75, 3.05) is 11.1 Å². The Balaban J connectivity index is 1.60. The monoisotopic (exact) mass is 323 g/mol. The van der Waals surface area contributed by atoms with Crippen LogP contribution in [0.1, 0.15) is 34.8 Å². The fourth-order valence-corrected chi connectivity index (χ4v) is 2.75. The second kappa shape index (κ2) is 6.54. The summed E-state index contributed by atoms with van der Waals surface area (Å²) in [6.07, 6.45) is -0.156. The molecule has 0 fully saturated rings. The maximum Gasteiger partial charge on any atom is 0.252 e. The van der Waals surface area contributed by atoms with E-state index in [2.05, 4.69) is 10.6 Å². The van der Waals surface area contributed by atoms with Gasteiger partial charge in [-0.15, -0.1) is 0 Å². The molecule has 1 atom stereocenters. The molecule has 6 nitrogen and oxygen atoms in total. The molecule has 2 amide bonds. The topological polar surface area (TPSA) is 101 Å². The zero-order chi connectivity index (χ0) is 17.1. The van der Waals surface area contributed by atoms with Crippen molar-refractivity contribution in [3.8, 4) is 0 Å². The molecule has 3 rings (SSSR count). The summed E-state index contributed by atoms with van der Waals surface area (Å²) in [4.78, 5) is 36.0. The number of ketones is 1. The fraction of sp³-hybridized carbons (Fsp3) is 0.167. The van der Waals surface area contributed by atoms with E-state index in [0.29, 0.717) is 16.9 Å². The minimum Gasteiger partial charge on any atom is -0.399 e. The van der Waals surface area contributed by atoms with Gasteiger partial charge in [0, 0.05) is 23.4 Å². The van der Waals surface area contributed by atoms with Crippen molar-refractivity contribution in [2.45, 2.75) is 18.9 Å². The summed E-state index contributed by atoms with van der Waals surface area (Å²) in [5.41, 5.74) is 8.05. The number of amides is 2. The number of hydrogen-bond acceptors (Lipinski definition) is 4.